The number of carbonyl (C=O) groups excluding carboxylic acids is 1. The van der Waals surface area contributed by atoms with Crippen molar-refractivity contribution in [2.75, 3.05) is 7.11 Å². The first-order chi connectivity index (χ1) is 4.09. The standard InChI is InChI=1S/C5H8Cl2O2/c1-3(6)4(9-2)5(7)8/h3-4H,1-2H3. The van der Waals surface area contributed by atoms with E-state index in [4.69, 9.17) is 23.2 Å². The minimum atomic E-state index is -0.687. The van der Waals surface area contributed by atoms with Crippen LogP contribution in [0.5, 0.6) is 0 Å². The maximum absolute atomic E-state index is 10.4. The number of alkyl halides is 1. The van der Waals surface area contributed by atoms with Gasteiger partial charge >= 0.3 is 0 Å². The molecule has 0 aromatic heterocycles. The van der Waals surface area contributed by atoms with Gasteiger partial charge in [-0.3, -0.25) is 4.79 Å². The minimum absolute atomic E-state index is 0.375. The maximum atomic E-state index is 10.4. The molecule has 0 aromatic carbocycles. The molecule has 2 nitrogen and oxygen atoms in total. The molecule has 2 atom stereocenters. The van der Waals surface area contributed by atoms with Gasteiger partial charge in [0.2, 0.25) is 0 Å². The highest BCUT2D eigenvalue weighted by molar-refractivity contribution is 6.65. The van der Waals surface area contributed by atoms with E-state index in [2.05, 4.69) is 4.74 Å². The van der Waals surface area contributed by atoms with Crippen LogP contribution in [0.25, 0.3) is 0 Å². The molecule has 0 saturated carbocycles. The average Bonchev–Trinajstić information content (AvgIpc) is 1.64. The molecule has 0 radical (unpaired) electrons. The number of methoxy groups -OCH3 is 1. The Morgan fingerprint density at radius 2 is 2.11 bits per heavy atom. The third-order valence-corrected chi connectivity index (χ3v) is 1.34. The monoisotopic (exact) mass is 170 g/mol. The molecule has 0 N–H and O–H groups in total. The topological polar surface area (TPSA) is 26.3 Å². The molecule has 4 heteroatoms. The second-order valence-corrected chi connectivity index (χ2v) is 2.70. The molecule has 0 aromatic rings. The Kier molecular flexibility index (Phi) is 4.19. The lowest BCUT2D eigenvalue weighted by Crippen LogP contribution is -2.26. The summed E-state index contributed by atoms with van der Waals surface area (Å²) in [7, 11) is 1.39. The van der Waals surface area contributed by atoms with Crippen LogP contribution in [-0.4, -0.2) is 23.8 Å². The summed E-state index contributed by atoms with van der Waals surface area (Å²) in [6.07, 6.45) is -0.687. The second-order valence-electron chi connectivity index (χ2n) is 1.64. The lowest BCUT2D eigenvalue weighted by molar-refractivity contribution is -0.120. The highest BCUT2D eigenvalue weighted by Gasteiger charge is 2.20. The molecule has 0 fully saturated rings. The van der Waals surface area contributed by atoms with Crippen molar-refractivity contribution in [3.05, 3.63) is 0 Å². The number of rotatable bonds is 3. The van der Waals surface area contributed by atoms with Crippen molar-refractivity contribution in [2.24, 2.45) is 0 Å². The summed E-state index contributed by atoms with van der Waals surface area (Å²) in [4.78, 5) is 10.4. The van der Waals surface area contributed by atoms with Gasteiger partial charge in [0.05, 0.1) is 5.38 Å². The Morgan fingerprint density at radius 1 is 1.67 bits per heavy atom. The van der Waals surface area contributed by atoms with E-state index in [9.17, 15) is 4.79 Å². The fourth-order valence-electron chi connectivity index (χ4n) is 0.461. The van der Waals surface area contributed by atoms with Crippen LogP contribution in [-0.2, 0) is 9.53 Å². The highest BCUT2D eigenvalue weighted by Crippen LogP contribution is 2.07. The van der Waals surface area contributed by atoms with Gasteiger partial charge in [0, 0.05) is 7.11 Å². The molecule has 0 aliphatic carbocycles. The molecule has 0 rings (SSSR count). The molecule has 9 heavy (non-hydrogen) atoms. The van der Waals surface area contributed by atoms with E-state index in [1.807, 2.05) is 0 Å². The summed E-state index contributed by atoms with van der Waals surface area (Å²) >= 11 is 10.6. The van der Waals surface area contributed by atoms with Crippen LogP contribution in [0.3, 0.4) is 0 Å². The van der Waals surface area contributed by atoms with Crippen LogP contribution < -0.4 is 0 Å². The third kappa shape index (κ3) is 3.04. The average molecular weight is 171 g/mol. The smallest absolute Gasteiger partial charge is 0.251 e. The van der Waals surface area contributed by atoms with Gasteiger partial charge in [-0.25, -0.2) is 0 Å². The largest absolute Gasteiger partial charge is 0.371 e. The SMILES string of the molecule is COC(C(=O)Cl)C(C)Cl. The quantitative estimate of drug-likeness (QED) is 0.473. The fourth-order valence-corrected chi connectivity index (χ4v) is 1.02. The third-order valence-electron chi connectivity index (χ3n) is 0.895. The minimum Gasteiger partial charge on any atom is -0.371 e. The van der Waals surface area contributed by atoms with Gasteiger partial charge < -0.3 is 4.74 Å². The van der Waals surface area contributed by atoms with E-state index >= 15 is 0 Å². The van der Waals surface area contributed by atoms with Crippen molar-refractivity contribution in [1.82, 2.24) is 0 Å². The number of carbonyl (C=O) groups is 1. The van der Waals surface area contributed by atoms with Crippen LogP contribution in [0.4, 0.5) is 0 Å². The van der Waals surface area contributed by atoms with Crippen LogP contribution in [0.2, 0.25) is 0 Å². The predicted molar refractivity (Wildman–Crippen MR) is 37.0 cm³/mol. The van der Waals surface area contributed by atoms with Gasteiger partial charge in [-0.2, -0.15) is 0 Å². The first kappa shape index (κ1) is 9.21. The van der Waals surface area contributed by atoms with Gasteiger partial charge in [0.15, 0.2) is 0 Å². The van der Waals surface area contributed by atoms with E-state index in [1.165, 1.54) is 7.11 Å². The molecular weight excluding hydrogens is 163 g/mol. The van der Waals surface area contributed by atoms with Crippen molar-refractivity contribution in [1.29, 1.82) is 0 Å². The van der Waals surface area contributed by atoms with Gasteiger partial charge in [-0.1, -0.05) is 0 Å². The van der Waals surface area contributed by atoms with Crippen molar-refractivity contribution >= 4 is 28.4 Å². The van der Waals surface area contributed by atoms with Gasteiger partial charge in [0.25, 0.3) is 5.24 Å². The number of hydrogen-bond donors (Lipinski definition) is 0. The van der Waals surface area contributed by atoms with E-state index < -0.39 is 11.3 Å². The number of halogens is 2. The Labute approximate surface area is 64.1 Å². The zero-order chi connectivity index (χ0) is 7.44. The molecule has 0 saturated heterocycles. The molecule has 0 spiro atoms. The van der Waals surface area contributed by atoms with Gasteiger partial charge in [-0.15, -0.1) is 11.6 Å². The molecule has 0 bridgehead atoms. The Balaban J connectivity index is 3.83. The van der Waals surface area contributed by atoms with Crippen LogP contribution in [0.1, 0.15) is 6.92 Å². The normalized spacial score (nSPS) is 16.9. The first-order valence-corrected chi connectivity index (χ1v) is 3.27. The van der Waals surface area contributed by atoms with Gasteiger partial charge in [-0.05, 0) is 18.5 Å². The molecule has 0 aliphatic heterocycles. The summed E-state index contributed by atoms with van der Waals surface area (Å²) in [5.74, 6) is 0. The predicted octanol–water partition coefficient (Wildman–Crippen LogP) is 1.39. The molecule has 2 unspecified atom stereocenters. The Hall–Kier alpha value is 0.210. The summed E-state index contributed by atoms with van der Waals surface area (Å²) < 4.78 is 4.66. The number of ether oxygens (including phenoxy) is 1. The van der Waals surface area contributed by atoms with Crippen molar-refractivity contribution in [2.45, 2.75) is 18.4 Å². The highest BCUT2D eigenvalue weighted by atomic mass is 35.5. The summed E-state index contributed by atoms with van der Waals surface area (Å²) in [6.45, 7) is 1.65. The number of hydrogen-bond acceptors (Lipinski definition) is 2. The van der Waals surface area contributed by atoms with E-state index in [0.717, 1.165) is 0 Å². The summed E-state index contributed by atoms with van der Waals surface area (Å²) in [5.41, 5.74) is 0. The lowest BCUT2D eigenvalue weighted by atomic mass is 10.3. The maximum Gasteiger partial charge on any atom is 0.251 e. The molecule has 0 heterocycles. The zero-order valence-corrected chi connectivity index (χ0v) is 6.74. The van der Waals surface area contributed by atoms with E-state index in [0.29, 0.717) is 0 Å². The molecule has 54 valence electrons. The molecular formula is C5H8Cl2O2. The van der Waals surface area contributed by atoms with Crippen molar-refractivity contribution in [3.8, 4) is 0 Å². The lowest BCUT2D eigenvalue weighted by Gasteiger charge is -2.11. The first-order valence-electron chi connectivity index (χ1n) is 2.45. The zero-order valence-electron chi connectivity index (χ0n) is 5.23. The van der Waals surface area contributed by atoms with Crippen LogP contribution >= 0.6 is 23.2 Å². The summed E-state index contributed by atoms with van der Waals surface area (Å²) in [5, 5.41) is -0.931. The second kappa shape index (κ2) is 4.09. The van der Waals surface area contributed by atoms with Crippen molar-refractivity contribution in [3.63, 3.8) is 0 Å². The van der Waals surface area contributed by atoms with E-state index in [-0.39, 0.29) is 5.38 Å². The van der Waals surface area contributed by atoms with Crippen LogP contribution in [0, 0.1) is 0 Å². The van der Waals surface area contributed by atoms with E-state index in [1.54, 1.807) is 6.92 Å². The molecule has 0 amide bonds. The Bertz CT molecular complexity index is 103. The molecule has 0 aliphatic rings. The van der Waals surface area contributed by atoms with Crippen molar-refractivity contribution < 1.29 is 9.53 Å². The van der Waals surface area contributed by atoms with Gasteiger partial charge in [0.1, 0.15) is 6.10 Å². The van der Waals surface area contributed by atoms with Crippen LogP contribution in [0.15, 0.2) is 0 Å². The summed E-state index contributed by atoms with van der Waals surface area (Å²) in [6, 6.07) is 0. The Morgan fingerprint density at radius 3 is 2.11 bits per heavy atom. The fraction of sp³-hybridized carbons (Fsp3) is 0.800.